The molecule has 2 unspecified atom stereocenters. The molecule has 29 heavy (non-hydrogen) atoms. The van der Waals surface area contributed by atoms with Crippen LogP contribution in [0.4, 0.5) is 5.69 Å². The summed E-state index contributed by atoms with van der Waals surface area (Å²) in [4.78, 5) is 7.19. The number of rotatable bonds is 12. The minimum absolute atomic E-state index is 0.344. The van der Waals surface area contributed by atoms with Gasteiger partial charge in [0.15, 0.2) is 0 Å². The molecule has 166 valence electrons. The molecule has 2 atom stereocenters. The molecular formula is C25H45N3O. The zero-order chi connectivity index (χ0) is 21.2. The molecular weight excluding hydrogens is 358 g/mol. The van der Waals surface area contributed by atoms with E-state index < -0.39 is 0 Å². The third-order valence-electron chi connectivity index (χ3n) is 6.79. The van der Waals surface area contributed by atoms with Crippen LogP contribution in [0.5, 0.6) is 0 Å². The fraction of sp³-hybridized carbons (Fsp3) is 0.760. The van der Waals surface area contributed by atoms with Crippen molar-refractivity contribution in [2.75, 3.05) is 65.9 Å². The van der Waals surface area contributed by atoms with Crippen LogP contribution >= 0.6 is 0 Å². The van der Waals surface area contributed by atoms with Crippen molar-refractivity contribution in [1.29, 1.82) is 0 Å². The molecule has 0 aromatic heterocycles. The number of likely N-dealkylation sites (tertiary alicyclic amines) is 1. The number of nitrogens with zero attached hydrogens (tertiary/aromatic N) is 3. The first-order valence-electron chi connectivity index (χ1n) is 11.6. The quantitative estimate of drug-likeness (QED) is 0.503. The maximum absolute atomic E-state index is 5.85. The van der Waals surface area contributed by atoms with E-state index >= 15 is 0 Å². The van der Waals surface area contributed by atoms with Gasteiger partial charge in [-0.1, -0.05) is 32.4 Å². The molecule has 1 aromatic carbocycles. The molecule has 4 heteroatoms. The molecule has 4 nitrogen and oxygen atoms in total. The van der Waals surface area contributed by atoms with E-state index in [2.05, 4.69) is 74.0 Å². The molecule has 0 bridgehead atoms. The first-order valence-corrected chi connectivity index (χ1v) is 11.6. The van der Waals surface area contributed by atoms with Gasteiger partial charge >= 0.3 is 0 Å². The number of hydrogen-bond donors (Lipinski definition) is 0. The monoisotopic (exact) mass is 403 g/mol. The third kappa shape index (κ3) is 8.27. The van der Waals surface area contributed by atoms with Crippen LogP contribution in [0.3, 0.4) is 0 Å². The third-order valence-corrected chi connectivity index (χ3v) is 6.79. The van der Waals surface area contributed by atoms with E-state index in [9.17, 15) is 0 Å². The first kappa shape index (κ1) is 24.2. The van der Waals surface area contributed by atoms with Crippen molar-refractivity contribution in [3.8, 4) is 0 Å². The maximum atomic E-state index is 5.85. The van der Waals surface area contributed by atoms with E-state index in [-0.39, 0.29) is 0 Å². The van der Waals surface area contributed by atoms with Crippen molar-refractivity contribution in [2.24, 2.45) is 5.92 Å². The van der Waals surface area contributed by atoms with E-state index in [1.807, 2.05) is 7.11 Å². The van der Waals surface area contributed by atoms with Crippen LogP contribution in [0.25, 0.3) is 0 Å². The lowest BCUT2D eigenvalue weighted by Gasteiger charge is -2.32. The fourth-order valence-electron chi connectivity index (χ4n) is 4.34. The van der Waals surface area contributed by atoms with Crippen molar-refractivity contribution in [2.45, 2.75) is 58.0 Å². The van der Waals surface area contributed by atoms with E-state index in [0.717, 1.165) is 31.8 Å². The smallest absolute Gasteiger partial charge is 0.0589 e. The molecule has 0 amide bonds. The van der Waals surface area contributed by atoms with Crippen LogP contribution in [-0.4, -0.2) is 76.9 Å². The average Bonchev–Trinajstić information content (AvgIpc) is 2.75. The molecule has 1 saturated heterocycles. The number of methoxy groups -OCH3 is 1. The summed E-state index contributed by atoms with van der Waals surface area (Å²) in [7, 11) is 8.30. The molecule has 0 aliphatic carbocycles. The Morgan fingerprint density at radius 2 is 1.72 bits per heavy atom. The minimum atomic E-state index is 0.344. The highest BCUT2D eigenvalue weighted by molar-refractivity contribution is 5.47. The predicted molar refractivity (Wildman–Crippen MR) is 126 cm³/mol. The molecule has 0 radical (unpaired) electrons. The zero-order valence-corrected chi connectivity index (χ0v) is 19.9. The van der Waals surface area contributed by atoms with E-state index in [0.29, 0.717) is 12.0 Å². The van der Waals surface area contributed by atoms with Gasteiger partial charge in [-0.3, -0.25) is 0 Å². The fourth-order valence-corrected chi connectivity index (χ4v) is 4.34. The summed E-state index contributed by atoms with van der Waals surface area (Å²) in [5.74, 6) is 1.47. The Morgan fingerprint density at radius 3 is 2.28 bits per heavy atom. The Kier molecular flexibility index (Phi) is 10.5. The Labute approximate surface area is 180 Å². The zero-order valence-electron chi connectivity index (χ0n) is 19.9. The van der Waals surface area contributed by atoms with Gasteiger partial charge in [-0.25, -0.2) is 0 Å². The predicted octanol–water partition coefficient (Wildman–Crippen LogP) is 4.71. The van der Waals surface area contributed by atoms with Crippen LogP contribution in [0.15, 0.2) is 24.3 Å². The largest absolute Gasteiger partial charge is 0.381 e. The summed E-state index contributed by atoms with van der Waals surface area (Å²) in [6, 6.07) is 9.13. The van der Waals surface area contributed by atoms with Crippen LogP contribution in [0.2, 0.25) is 0 Å². The van der Waals surface area contributed by atoms with Crippen molar-refractivity contribution in [3.63, 3.8) is 0 Å². The topological polar surface area (TPSA) is 19.0 Å². The lowest BCUT2D eigenvalue weighted by Crippen LogP contribution is -2.35. The normalized spacial score (nSPS) is 18.2. The van der Waals surface area contributed by atoms with Gasteiger partial charge in [0.05, 0.1) is 6.10 Å². The maximum Gasteiger partial charge on any atom is 0.0589 e. The molecule has 1 heterocycles. The van der Waals surface area contributed by atoms with E-state index in [4.69, 9.17) is 4.74 Å². The summed E-state index contributed by atoms with van der Waals surface area (Å²) in [6.07, 6.45) is 6.67. The van der Waals surface area contributed by atoms with Crippen molar-refractivity contribution in [3.05, 3.63) is 29.8 Å². The Balaban J connectivity index is 1.78. The lowest BCUT2D eigenvalue weighted by molar-refractivity contribution is 0.0663. The number of anilines is 1. The second kappa shape index (κ2) is 12.6. The second-order valence-corrected chi connectivity index (χ2v) is 9.29. The molecule has 1 aliphatic rings. The average molecular weight is 404 g/mol. The number of hydrogen-bond acceptors (Lipinski definition) is 4. The standard InChI is InChI=1S/C25H45N3O/c1-7-22-12-15-28(16-13-22)17-14-25(29-6)20-21(2)23-8-10-24(11-9-23)27(5)19-18-26(3)4/h8-11,21-22,25H,7,12-20H2,1-6H3. The van der Waals surface area contributed by atoms with Crippen LogP contribution in [0.1, 0.15) is 57.4 Å². The lowest BCUT2D eigenvalue weighted by atomic mass is 9.92. The van der Waals surface area contributed by atoms with Gasteiger partial charge in [0.2, 0.25) is 0 Å². The number of benzene rings is 1. The summed E-state index contributed by atoms with van der Waals surface area (Å²) in [6.45, 7) is 10.5. The summed E-state index contributed by atoms with van der Waals surface area (Å²) < 4.78 is 5.85. The van der Waals surface area contributed by atoms with E-state index in [1.165, 1.54) is 50.1 Å². The van der Waals surface area contributed by atoms with Crippen LogP contribution in [-0.2, 0) is 4.74 Å². The molecule has 0 saturated carbocycles. The Morgan fingerprint density at radius 1 is 1.07 bits per heavy atom. The molecule has 2 rings (SSSR count). The van der Waals surface area contributed by atoms with Gasteiger partial charge in [-0.05, 0) is 82.4 Å². The summed E-state index contributed by atoms with van der Waals surface area (Å²) in [5, 5.41) is 0. The molecule has 1 fully saturated rings. The van der Waals surface area contributed by atoms with Crippen LogP contribution < -0.4 is 4.90 Å². The van der Waals surface area contributed by atoms with Gasteiger partial charge in [-0.15, -0.1) is 0 Å². The highest BCUT2D eigenvalue weighted by Crippen LogP contribution is 2.26. The van der Waals surface area contributed by atoms with Gasteiger partial charge in [0.1, 0.15) is 0 Å². The summed E-state index contributed by atoms with van der Waals surface area (Å²) >= 11 is 0. The van der Waals surface area contributed by atoms with Crippen LogP contribution in [0, 0.1) is 5.92 Å². The first-order chi connectivity index (χ1) is 13.9. The van der Waals surface area contributed by atoms with Gasteiger partial charge in [-0.2, -0.15) is 0 Å². The van der Waals surface area contributed by atoms with Crippen molar-refractivity contribution >= 4 is 5.69 Å². The number of piperidine rings is 1. The Bertz CT molecular complexity index is 552. The molecule has 1 aromatic rings. The summed E-state index contributed by atoms with van der Waals surface area (Å²) in [5.41, 5.74) is 2.71. The van der Waals surface area contributed by atoms with Crippen molar-refractivity contribution < 1.29 is 4.74 Å². The minimum Gasteiger partial charge on any atom is -0.381 e. The van der Waals surface area contributed by atoms with Gasteiger partial charge in [0, 0.05) is 39.5 Å². The number of ether oxygens (including phenoxy) is 1. The Hall–Kier alpha value is -1.10. The molecule has 1 aliphatic heterocycles. The highest BCUT2D eigenvalue weighted by Gasteiger charge is 2.20. The number of likely N-dealkylation sites (N-methyl/N-ethyl adjacent to an activating group) is 2. The van der Waals surface area contributed by atoms with Crippen molar-refractivity contribution in [1.82, 2.24) is 9.80 Å². The molecule has 0 spiro atoms. The second-order valence-electron chi connectivity index (χ2n) is 9.29. The molecule has 0 N–H and O–H groups in total. The van der Waals surface area contributed by atoms with E-state index in [1.54, 1.807) is 0 Å². The SMILES string of the molecule is CCC1CCN(CCC(CC(C)c2ccc(N(C)CCN(C)C)cc2)OC)CC1. The van der Waals surface area contributed by atoms with Gasteiger partial charge < -0.3 is 19.4 Å². The van der Waals surface area contributed by atoms with Gasteiger partial charge in [0.25, 0.3) is 0 Å². The highest BCUT2D eigenvalue weighted by atomic mass is 16.5.